The van der Waals surface area contributed by atoms with Crippen LogP contribution in [-0.4, -0.2) is 41.3 Å². The van der Waals surface area contributed by atoms with Gasteiger partial charge in [-0.15, -0.1) is 21.5 Å². The van der Waals surface area contributed by atoms with Crippen molar-refractivity contribution in [1.82, 2.24) is 15.2 Å². The molecule has 1 saturated heterocycles. The highest BCUT2D eigenvalue weighted by molar-refractivity contribution is 7.13. The van der Waals surface area contributed by atoms with Crippen LogP contribution in [0.4, 0.5) is 10.9 Å². The van der Waals surface area contributed by atoms with Crippen molar-refractivity contribution in [1.29, 1.82) is 0 Å². The highest BCUT2D eigenvalue weighted by Gasteiger charge is 2.27. The first-order chi connectivity index (χ1) is 10.8. The van der Waals surface area contributed by atoms with Gasteiger partial charge >= 0.3 is 0 Å². The minimum Gasteiger partial charge on any atom is -0.480 e. The van der Waals surface area contributed by atoms with Gasteiger partial charge in [-0.25, -0.2) is 4.98 Å². The van der Waals surface area contributed by atoms with Crippen LogP contribution in [0.1, 0.15) is 12.8 Å². The van der Waals surface area contributed by atoms with Gasteiger partial charge in [0.05, 0.1) is 13.0 Å². The minimum atomic E-state index is -0.0680. The third-order valence-electron chi connectivity index (χ3n) is 3.61. The summed E-state index contributed by atoms with van der Waals surface area (Å²) in [6.45, 7) is 1.51. The van der Waals surface area contributed by atoms with E-state index < -0.39 is 0 Å². The second kappa shape index (κ2) is 6.69. The molecule has 1 atom stereocenters. The molecular weight excluding hydrogens is 302 g/mol. The topological polar surface area (TPSA) is 80.2 Å². The van der Waals surface area contributed by atoms with E-state index in [2.05, 4.69) is 25.4 Å². The fourth-order valence-corrected chi connectivity index (χ4v) is 3.01. The third-order valence-corrected chi connectivity index (χ3v) is 4.30. The lowest BCUT2D eigenvalue weighted by atomic mass is 9.97. The third kappa shape index (κ3) is 3.33. The molecule has 1 N–H and O–H groups in total. The summed E-state index contributed by atoms with van der Waals surface area (Å²) in [6, 6.07) is 3.65. The zero-order valence-corrected chi connectivity index (χ0v) is 13.0. The average Bonchev–Trinajstić information content (AvgIpc) is 3.08. The summed E-state index contributed by atoms with van der Waals surface area (Å²) < 4.78 is 5.01. The highest BCUT2D eigenvalue weighted by atomic mass is 32.1. The van der Waals surface area contributed by atoms with Crippen molar-refractivity contribution in [2.75, 3.05) is 30.4 Å². The molecule has 1 aliphatic heterocycles. The average molecular weight is 319 g/mol. The van der Waals surface area contributed by atoms with Gasteiger partial charge in [0.1, 0.15) is 0 Å². The first-order valence-electron chi connectivity index (χ1n) is 7.09. The van der Waals surface area contributed by atoms with E-state index in [1.165, 1.54) is 11.3 Å². The molecule has 0 aliphatic carbocycles. The number of thiazole rings is 1. The van der Waals surface area contributed by atoms with Gasteiger partial charge in [-0.3, -0.25) is 4.79 Å². The first-order valence-corrected chi connectivity index (χ1v) is 7.97. The number of piperidine rings is 1. The van der Waals surface area contributed by atoms with E-state index in [4.69, 9.17) is 4.74 Å². The standard InChI is InChI=1S/C14H17N5O2S/c1-21-12-5-4-11(17-18-12)19-7-2-3-10(9-19)13(20)16-14-15-6-8-22-14/h4-6,8,10H,2-3,7,9H2,1H3,(H,15,16,20)/t10-/m1/s1. The number of amides is 1. The first kappa shape index (κ1) is 14.7. The van der Waals surface area contributed by atoms with Crippen molar-refractivity contribution in [2.24, 2.45) is 5.92 Å². The molecule has 1 aliphatic rings. The Balaban J connectivity index is 1.64. The number of aromatic nitrogens is 3. The summed E-state index contributed by atoms with van der Waals surface area (Å²) in [4.78, 5) is 18.5. The Labute approximate surface area is 132 Å². The number of ether oxygens (including phenoxy) is 1. The quantitative estimate of drug-likeness (QED) is 0.925. The Morgan fingerprint density at radius 3 is 3.05 bits per heavy atom. The molecule has 3 rings (SSSR count). The summed E-state index contributed by atoms with van der Waals surface area (Å²) in [5.74, 6) is 1.20. The van der Waals surface area contributed by atoms with Gasteiger partial charge in [0.2, 0.25) is 11.8 Å². The minimum absolute atomic E-state index is 0.0149. The van der Waals surface area contributed by atoms with Gasteiger partial charge in [-0.05, 0) is 18.9 Å². The molecule has 2 aromatic heterocycles. The largest absolute Gasteiger partial charge is 0.480 e. The van der Waals surface area contributed by atoms with Crippen LogP contribution in [-0.2, 0) is 4.79 Å². The van der Waals surface area contributed by atoms with Crippen LogP contribution in [0.15, 0.2) is 23.7 Å². The molecular formula is C14H17N5O2S. The van der Waals surface area contributed by atoms with E-state index >= 15 is 0 Å². The van der Waals surface area contributed by atoms with Crippen LogP contribution in [0.5, 0.6) is 5.88 Å². The van der Waals surface area contributed by atoms with Crippen LogP contribution in [0.3, 0.4) is 0 Å². The lowest BCUT2D eigenvalue weighted by molar-refractivity contribution is -0.120. The molecule has 0 spiro atoms. The van der Waals surface area contributed by atoms with Gasteiger partial charge in [0.15, 0.2) is 10.9 Å². The van der Waals surface area contributed by atoms with Gasteiger partial charge in [-0.1, -0.05) is 0 Å². The molecule has 0 saturated carbocycles. The summed E-state index contributed by atoms with van der Waals surface area (Å²) in [5.41, 5.74) is 0. The van der Waals surface area contributed by atoms with Crippen LogP contribution < -0.4 is 15.0 Å². The second-order valence-electron chi connectivity index (χ2n) is 5.05. The molecule has 2 aromatic rings. The molecule has 0 radical (unpaired) electrons. The second-order valence-corrected chi connectivity index (χ2v) is 5.94. The van der Waals surface area contributed by atoms with Crippen molar-refractivity contribution in [3.8, 4) is 5.88 Å². The maximum Gasteiger partial charge on any atom is 0.233 e. The number of methoxy groups -OCH3 is 1. The van der Waals surface area contributed by atoms with E-state index in [1.807, 2.05) is 11.4 Å². The van der Waals surface area contributed by atoms with Gasteiger partial charge in [0, 0.05) is 30.7 Å². The monoisotopic (exact) mass is 319 g/mol. The summed E-state index contributed by atoms with van der Waals surface area (Å²) in [5, 5.41) is 13.5. The van der Waals surface area contributed by atoms with Crippen molar-refractivity contribution in [3.63, 3.8) is 0 Å². The van der Waals surface area contributed by atoms with E-state index in [0.717, 1.165) is 25.2 Å². The lowest BCUT2D eigenvalue weighted by Crippen LogP contribution is -2.41. The SMILES string of the molecule is COc1ccc(N2CCC[C@@H](C(=O)Nc3nccs3)C2)nn1. The predicted octanol–water partition coefficient (Wildman–Crippen LogP) is 1.80. The van der Waals surface area contributed by atoms with Gasteiger partial charge < -0.3 is 15.0 Å². The molecule has 7 nitrogen and oxygen atoms in total. The van der Waals surface area contributed by atoms with E-state index in [9.17, 15) is 4.79 Å². The molecule has 8 heteroatoms. The van der Waals surface area contributed by atoms with E-state index in [1.54, 1.807) is 19.4 Å². The molecule has 1 amide bonds. The van der Waals surface area contributed by atoms with E-state index in [0.29, 0.717) is 17.6 Å². The summed E-state index contributed by atoms with van der Waals surface area (Å²) >= 11 is 1.42. The molecule has 0 bridgehead atoms. The highest BCUT2D eigenvalue weighted by Crippen LogP contribution is 2.23. The zero-order chi connectivity index (χ0) is 15.4. The smallest absolute Gasteiger partial charge is 0.233 e. The van der Waals surface area contributed by atoms with Crippen molar-refractivity contribution in [3.05, 3.63) is 23.7 Å². The number of hydrogen-bond acceptors (Lipinski definition) is 7. The Morgan fingerprint density at radius 1 is 1.45 bits per heavy atom. The van der Waals surface area contributed by atoms with E-state index in [-0.39, 0.29) is 11.8 Å². The molecule has 116 valence electrons. The van der Waals surface area contributed by atoms with Crippen LogP contribution in [0.2, 0.25) is 0 Å². The van der Waals surface area contributed by atoms with Crippen LogP contribution in [0, 0.1) is 5.92 Å². The Morgan fingerprint density at radius 2 is 2.36 bits per heavy atom. The van der Waals surface area contributed by atoms with Crippen LogP contribution in [0.25, 0.3) is 0 Å². The zero-order valence-electron chi connectivity index (χ0n) is 12.2. The van der Waals surface area contributed by atoms with Gasteiger partial charge in [-0.2, -0.15) is 0 Å². The van der Waals surface area contributed by atoms with Crippen molar-refractivity contribution in [2.45, 2.75) is 12.8 Å². The number of rotatable bonds is 4. The van der Waals surface area contributed by atoms with Crippen molar-refractivity contribution >= 4 is 28.2 Å². The number of hydrogen-bond donors (Lipinski definition) is 1. The molecule has 0 unspecified atom stereocenters. The number of anilines is 2. The fourth-order valence-electron chi connectivity index (χ4n) is 2.48. The van der Waals surface area contributed by atoms with Crippen LogP contribution >= 0.6 is 11.3 Å². The molecule has 22 heavy (non-hydrogen) atoms. The van der Waals surface area contributed by atoms with Crippen molar-refractivity contribution < 1.29 is 9.53 Å². The fraction of sp³-hybridized carbons (Fsp3) is 0.429. The number of carbonyl (C=O) groups excluding carboxylic acids is 1. The van der Waals surface area contributed by atoms with Gasteiger partial charge in [0.25, 0.3) is 0 Å². The summed E-state index contributed by atoms with van der Waals surface area (Å²) in [6.07, 6.45) is 3.50. The maximum atomic E-state index is 12.3. The normalized spacial score (nSPS) is 18.0. The lowest BCUT2D eigenvalue weighted by Gasteiger charge is -2.32. The number of nitrogens with one attached hydrogen (secondary N) is 1. The molecule has 1 fully saturated rings. The summed E-state index contributed by atoms with van der Waals surface area (Å²) in [7, 11) is 1.56. The number of nitrogens with zero attached hydrogens (tertiary/aromatic N) is 4. The Bertz CT molecular complexity index is 617. The molecule has 3 heterocycles. The molecule has 0 aromatic carbocycles. The maximum absolute atomic E-state index is 12.3. The number of carbonyl (C=O) groups is 1. The predicted molar refractivity (Wildman–Crippen MR) is 84.3 cm³/mol. The Kier molecular flexibility index (Phi) is 4.47. The Hall–Kier alpha value is -2.22.